The van der Waals surface area contributed by atoms with Gasteiger partial charge in [0.05, 0.1) is 35.2 Å². The quantitative estimate of drug-likeness (QED) is 0.462. The van der Waals surface area contributed by atoms with Crippen LogP contribution in [0.3, 0.4) is 0 Å². The van der Waals surface area contributed by atoms with Crippen molar-refractivity contribution in [1.82, 2.24) is 29.3 Å². The lowest BCUT2D eigenvalue weighted by molar-refractivity contribution is 0.0426. The van der Waals surface area contributed by atoms with Crippen molar-refractivity contribution in [3.05, 3.63) is 77.8 Å². The van der Waals surface area contributed by atoms with Crippen LogP contribution in [0.1, 0.15) is 23.1 Å². The Kier molecular flexibility index (Phi) is 4.22. The number of nitrogens with zero attached hydrogens (tertiary/aromatic N) is 5. The summed E-state index contributed by atoms with van der Waals surface area (Å²) in [4.78, 5) is 13.1. The average Bonchev–Trinajstić information content (AvgIpc) is 3.50. The summed E-state index contributed by atoms with van der Waals surface area (Å²) in [5, 5.41) is 4.23. The molecule has 0 radical (unpaired) electrons. The van der Waals surface area contributed by atoms with Crippen LogP contribution in [0.25, 0.3) is 33.7 Å². The van der Waals surface area contributed by atoms with Crippen molar-refractivity contribution in [2.75, 3.05) is 6.61 Å². The number of aromatic nitrogens is 6. The molecule has 5 aromatic rings. The number of benzene rings is 1. The van der Waals surface area contributed by atoms with E-state index < -0.39 is 0 Å². The standard InChI is InChI=1S/C24H21FN6O/c1-14-9-16(25)3-4-17(14)23-24-29-22(13-31(24)7-8-32-23)21-10-20-19(28-21)6-5-18(27-20)15-11-26-30(2)12-15/h3-6,9-13,23,28H,7-8H2,1-2H3. The SMILES string of the molecule is Cc1cc(F)ccc1C1OCCn2cc(-c3cc4nc(-c5cnn(C)c5)ccc4[nH]3)nc21. The van der Waals surface area contributed by atoms with E-state index in [4.69, 9.17) is 14.7 Å². The highest BCUT2D eigenvalue weighted by Gasteiger charge is 2.27. The number of aromatic amines is 1. The molecule has 4 aromatic heterocycles. The third-order valence-electron chi connectivity index (χ3n) is 5.92. The number of rotatable bonds is 3. The Bertz CT molecular complexity index is 1460. The fraction of sp³-hybridized carbons (Fsp3) is 0.208. The Morgan fingerprint density at radius 3 is 2.81 bits per heavy atom. The second-order valence-electron chi connectivity index (χ2n) is 8.14. The first kappa shape index (κ1) is 18.9. The number of halogens is 1. The summed E-state index contributed by atoms with van der Waals surface area (Å²) in [7, 11) is 1.89. The summed E-state index contributed by atoms with van der Waals surface area (Å²) in [5.74, 6) is 0.575. The van der Waals surface area contributed by atoms with Gasteiger partial charge in [0.25, 0.3) is 0 Å². The molecule has 1 unspecified atom stereocenters. The van der Waals surface area contributed by atoms with Crippen molar-refractivity contribution in [1.29, 1.82) is 0 Å². The number of nitrogens with one attached hydrogen (secondary N) is 1. The Morgan fingerprint density at radius 2 is 2.00 bits per heavy atom. The monoisotopic (exact) mass is 428 g/mol. The van der Waals surface area contributed by atoms with Gasteiger partial charge in [-0.2, -0.15) is 5.10 Å². The van der Waals surface area contributed by atoms with Gasteiger partial charge in [0.15, 0.2) is 0 Å². The molecule has 1 aromatic carbocycles. The van der Waals surface area contributed by atoms with Crippen molar-refractivity contribution >= 4 is 11.0 Å². The van der Waals surface area contributed by atoms with E-state index in [9.17, 15) is 4.39 Å². The number of H-pyrrole nitrogens is 1. The minimum atomic E-state index is -0.321. The second kappa shape index (κ2) is 7.13. The summed E-state index contributed by atoms with van der Waals surface area (Å²) in [6.07, 6.45) is 5.47. The maximum Gasteiger partial charge on any atom is 0.143 e. The molecule has 1 aliphatic rings. The molecular weight excluding hydrogens is 407 g/mol. The Hall–Kier alpha value is -3.78. The molecule has 0 fully saturated rings. The Labute approximate surface area is 183 Å². The summed E-state index contributed by atoms with van der Waals surface area (Å²) in [5.41, 5.74) is 7.18. The number of pyridine rings is 1. The van der Waals surface area contributed by atoms with Crippen molar-refractivity contribution < 1.29 is 9.13 Å². The zero-order chi connectivity index (χ0) is 21.8. The Morgan fingerprint density at radius 1 is 1.09 bits per heavy atom. The predicted octanol–water partition coefficient (Wildman–Crippen LogP) is 4.39. The van der Waals surface area contributed by atoms with Crippen molar-refractivity contribution in [3.8, 4) is 22.6 Å². The maximum atomic E-state index is 13.6. The van der Waals surface area contributed by atoms with Crippen molar-refractivity contribution in [3.63, 3.8) is 0 Å². The average molecular weight is 428 g/mol. The van der Waals surface area contributed by atoms with Crippen molar-refractivity contribution in [2.45, 2.75) is 19.6 Å². The molecule has 1 N–H and O–H groups in total. The molecule has 160 valence electrons. The smallest absolute Gasteiger partial charge is 0.143 e. The van der Waals surface area contributed by atoms with Crippen LogP contribution in [0.5, 0.6) is 0 Å². The lowest BCUT2D eigenvalue weighted by Crippen LogP contribution is -2.23. The van der Waals surface area contributed by atoms with Gasteiger partial charge in [0.2, 0.25) is 0 Å². The summed E-state index contributed by atoms with van der Waals surface area (Å²) in [6, 6.07) is 10.8. The van der Waals surface area contributed by atoms with E-state index in [2.05, 4.69) is 14.6 Å². The molecule has 0 spiro atoms. The van der Waals surface area contributed by atoms with Gasteiger partial charge < -0.3 is 14.3 Å². The van der Waals surface area contributed by atoms with Gasteiger partial charge in [-0.25, -0.2) is 14.4 Å². The molecule has 0 amide bonds. The van der Waals surface area contributed by atoms with Gasteiger partial charge in [-0.05, 0) is 48.4 Å². The lowest BCUT2D eigenvalue weighted by Gasteiger charge is -2.25. The first-order valence-electron chi connectivity index (χ1n) is 10.5. The number of aryl methyl sites for hydroxylation is 2. The van der Waals surface area contributed by atoms with Gasteiger partial charge in [-0.3, -0.25) is 4.68 Å². The van der Waals surface area contributed by atoms with Crippen LogP contribution < -0.4 is 0 Å². The molecule has 1 aliphatic heterocycles. The van der Waals surface area contributed by atoms with E-state index in [-0.39, 0.29) is 11.9 Å². The number of ether oxygens (including phenoxy) is 1. The van der Waals surface area contributed by atoms with E-state index in [1.165, 1.54) is 12.1 Å². The van der Waals surface area contributed by atoms with E-state index in [0.717, 1.165) is 57.2 Å². The molecular formula is C24H21FN6O. The molecule has 1 atom stereocenters. The third-order valence-corrected chi connectivity index (χ3v) is 5.92. The van der Waals surface area contributed by atoms with E-state index in [0.29, 0.717) is 6.61 Å². The molecule has 8 heteroatoms. The fourth-order valence-electron chi connectivity index (χ4n) is 4.31. The largest absolute Gasteiger partial charge is 0.364 e. The number of imidazole rings is 1. The summed E-state index contributed by atoms with van der Waals surface area (Å²) >= 11 is 0. The van der Waals surface area contributed by atoms with Crippen LogP contribution in [-0.4, -0.2) is 35.9 Å². The topological polar surface area (TPSA) is 73.5 Å². The fourth-order valence-corrected chi connectivity index (χ4v) is 4.31. The van der Waals surface area contributed by atoms with E-state index in [1.807, 2.05) is 50.8 Å². The molecule has 0 saturated carbocycles. The summed E-state index contributed by atoms with van der Waals surface area (Å²) in [6.45, 7) is 3.20. The van der Waals surface area contributed by atoms with Crippen molar-refractivity contribution in [2.24, 2.45) is 7.05 Å². The molecule has 0 saturated heterocycles. The van der Waals surface area contributed by atoms with E-state index >= 15 is 0 Å². The maximum absolute atomic E-state index is 13.6. The van der Waals surface area contributed by atoms with Crippen LogP contribution in [-0.2, 0) is 18.3 Å². The molecule has 6 rings (SSSR count). The highest BCUT2D eigenvalue weighted by Crippen LogP contribution is 2.33. The highest BCUT2D eigenvalue weighted by atomic mass is 19.1. The van der Waals surface area contributed by atoms with Crippen LogP contribution in [0.2, 0.25) is 0 Å². The Balaban J connectivity index is 1.39. The number of hydrogen-bond acceptors (Lipinski definition) is 4. The predicted molar refractivity (Wildman–Crippen MR) is 118 cm³/mol. The highest BCUT2D eigenvalue weighted by molar-refractivity contribution is 5.84. The third kappa shape index (κ3) is 3.11. The zero-order valence-corrected chi connectivity index (χ0v) is 17.7. The molecule has 32 heavy (non-hydrogen) atoms. The number of fused-ring (bicyclic) bond motifs is 2. The molecule has 0 aliphatic carbocycles. The first-order chi connectivity index (χ1) is 15.5. The zero-order valence-electron chi connectivity index (χ0n) is 17.7. The van der Waals surface area contributed by atoms with E-state index in [1.54, 1.807) is 10.7 Å². The number of hydrogen-bond donors (Lipinski definition) is 1. The summed E-state index contributed by atoms with van der Waals surface area (Å²) < 4.78 is 23.5. The van der Waals surface area contributed by atoms with Gasteiger partial charge in [0, 0.05) is 31.5 Å². The molecule has 5 heterocycles. The van der Waals surface area contributed by atoms with Gasteiger partial charge in [0.1, 0.15) is 23.4 Å². The minimum absolute atomic E-state index is 0.248. The first-order valence-corrected chi connectivity index (χ1v) is 10.5. The molecule has 7 nitrogen and oxygen atoms in total. The normalized spacial score (nSPS) is 15.9. The van der Waals surface area contributed by atoms with Crippen LogP contribution in [0.4, 0.5) is 4.39 Å². The molecule has 0 bridgehead atoms. The van der Waals surface area contributed by atoms with Gasteiger partial charge >= 0.3 is 0 Å². The van der Waals surface area contributed by atoms with Crippen LogP contribution >= 0.6 is 0 Å². The minimum Gasteiger partial charge on any atom is -0.364 e. The van der Waals surface area contributed by atoms with Crippen LogP contribution in [0, 0.1) is 12.7 Å². The van der Waals surface area contributed by atoms with Gasteiger partial charge in [-0.1, -0.05) is 6.07 Å². The van der Waals surface area contributed by atoms with Gasteiger partial charge in [-0.15, -0.1) is 0 Å². The lowest BCUT2D eigenvalue weighted by atomic mass is 10.0. The second-order valence-corrected chi connectivity index (χ2v) is 8.14. The van der Waals surface area contributed by atoms with Crippen LogP contribution in [0.15, 0.2) is 55.0 Å².